The van der Waals surface area contributed by atoms with Gasteiger partial charge in [-0.05, 0) is 36.6 Å². The van der Waals surface area contributed by atoms with Gasteiger partial charge in [-0.1, -0.05) is 0 Å². The number of thiazole rings is 1. The van der Waals surface area contributed by atoms with Crippen LogP contribution in [0.5, 0.6) is 0 Å². The number of aromatic nitrogens is 1. The maximum absolute atomic E-state index is 12.4. The summed E-state index contributed by atoms with van der Waals surface area (Å²) in [6.07, 6.45) is 4.04. The largest absolute Gasteiger partial charge is 0.315 e. The average Bonchev–Trinajstić information content (AvgIpc) is 2.98. The zero-order chi connectivity index (χ0) is 14.9. The molecule has 0 saturated carbocycles. The van der Waals surface area contributed by atoms with Gasteiger partial charge in [0.2, 0.25) is 6.41 Å². The number of sulfone groups is 1. The summed E-state index contributed by atoms with van der Waals surface area (Å²) in [5, 5.41) is 2.35. The van der Waals surface area contributed by atoms with Crippen LogP contribution >= 0.6 is 11.3 Å². The second-order valence-electron chi connectivity index (χ2n) is 4.88. The van der Waals surface area contributed by atoms with E-state index in [0.29, 0.717) is 16.4 Å². The Hall–Kier alpha value is -1.73. The summed E-state index contributed by atoms with van der Waals surface area (Å²) in [5.41, 5.74) is 1.72. The first-order chi connectivity index (χ1) is 10.1. The Labute approximate surface area is 127 Å². The molecule has 7 heteroatoms. The first kappa shape index (κ1) is 14.2. The minimum atomic E-state index is -3.40. The third-order valence-corrected chi connectivity index (χ3v) is 6.08. The third-order valence-electron chi connectivity index (χ3n) is 3.49. The molecule has 21 heavy (non-hydrogen) atoms. The normalized spacial score (nSPS) is 14.8. The zero-order valence-electron chi connectivity index (χ0n) is 11.2. The summed E-state index contributed by atoms with van der Waals surface area (Å²) >= 11 is 1.33. The highest BCUT2D eigenvalue weighted by Gasteiger charge is 2.21. The minimum Gasteiger partial charge on any atom is -0.315 e. The molecule has 0 aliphatic carbocycles. The molecule has 1 amide bonds. The molecule has 110 valence electrons. The van der Waals surface area contributed by atoms with E-state index < -0.39 is 9.84 Å². The highest BCUT2D eigenvalue weighted by Crippen LogP contribution is 2.29. The lowest BCUT2D eigenvalue weighted by Gasteiger charge is -2.26. The number of carbonyl (C=O) groups excluding carboxylic acids is 1. The lowest BCUT2D eigenvalue weighted by atomic mass is 10.0. The van der Waals surface area contributed by atoms with E-state index in [1.807, 2.05) is 0 Å². The molecule has 2 aromatic rings. The summed E-state index contributed by atoms with van der Waals surface area (Å²) < 4.78 is 24.8. The van der Waals surface area contributed by atoms with Crippen LogP contribution in [-0.4, -0.2) is 26.4 Å². The fourth-order valence-electron chi connectivity index (χ4n) is 2.48. The number of carbonyl (C=O) groups is 1. The van der Waals surface area contributed by atoms with Crippen LogP contribution in [0, 0.1) is 0 Å². The van der Waals surface area contributed by atoms with Crippen molar-refractivity contribution < 1.29 is 13.2 Å². The van der Waals surface area contributed by atoms with Crippen LogP contribution in [-0.2, 0) is 26.8 Å². The summed E-state index contributed by atoms with van der Waals surface area (Å²) in [6.45, 7) is 0.682. The van der Waals surface area contributed by atoms with Gasteiger partial charge in [0, 0.05) is 23.8 Å². The zero-order valence-corrected chi connectivity index (χ0v) is 12.9. The summed E-state index contributed by atoms with van der Waals surface area (Å²) in [6, 6.07) is 4.98. The fraction of sp³-hybridized carbons (Fsp3) is 0.286. The number of hydrogen-bond donors (Lipinski definition) is 0. The average molecular weight is 322 g/mol. The molecule has 0 fully saturated rings. The van der Waals surface area contributed by atoms with Crippen LogP contribution < -0.4 is 4.90 Å². The summed E-state index contributed by atoms with van der Waals surface area (Å²) in [4.78, 5) is 17.0. The van der Waals surface area contributed by atoms with Crippen molar-refractivity contribution >= 4 is 33.3 Å². The number of fused-ring (bicyclic) bond motifs is 1. The van der Waals surface area contributed by atoms with E-state index in [-0.39, 0.29) is 5.75 Å². The molecule has 2 heterocycles. The molecule has 0 atom stereocenters. The van der Waals surface area contributed by atoms with Crippen LogP contribution in [0.1, 0.15) is 17.0 Å². The molecule has 5 nitrogen and oxygen atoms in total. The Morgan fingerprint density at radius 2 is 2.24 bits per heavy atom. The first-order valence-corrected chi connectivity index (χ1v) is 9.09. The van der Waals surface area contributed by atoms with Crippen molar-refractivity contribution in [3.63, 3.8) is 0 Å². The fourth-order valence-corrected chi connectivity index (χ4v) is 4.78. The maximum Gasteiger partial charge on any atom is 0.214 e. The molecule has 0 saturated heterocycles. The van der Waals surface area contributed by atoms with E-state index >= 15 is 0 Å². The van der Waals surface area contributed by atoms with Crippen LogP contribution in [0.4, 0.5) is 5.69 Å². The Morgan fingerprint density at radius 1 is 1.38 bits per heavy atom. The molecular weight excluding hydrogens is 308 g/mol. The van der Waals surface area contributed by atoms with Crippen LogP contribution in [0.25, 0.3) is 0 Å². The highest BCUT2D eigenvalue weighted by molar-refractivity contribution is 7.90. The van der Waals surface area contributed by atoms with Gasteiger partial charge in [0.1, 0.15) is 10.8 Å². The maximum atomic E-state index is 12.4. The van der Waals surface area contributed by atoms with Crippen molar-refractivity contribution in [1.29, 1.82) is 0 Å². The molecular formula is C14H14N2O3S2. The molecule has 0 unspecified atom stereocenters. The van der Waals surface area contributed by atoms with Crippen LogP contribution in [0.3, 0.4) is 0 Å². The molecule has 1 aliphatic heterocycles. The Bertz CT molecular complexity index is 755. The monoisotopic (exact) mass is 322 g/mol. The van der Waals surface area contributed by atoms with Gasteiger partial charge in [-0.15, -0.1) is 11.3 Å². The molecule has 0 radical (unpaired) electrons. The van der Waals surface area contributed by atoms with Crippen molar-refractivity contribution in [1.82, 2.24) is 4.98 Å². The predicted molar refractivity (Wildman–Crippen MR) is 81.2 cm³/mol. The molecule has 0 spiro atoms. The number of benzene rings is 1. The number of anilines is 1. The van der Waals surface area contributed by atoms with E-state index in [4.69, 9.17) is 0 Å². The van der Waals surface area contributed by atoms with Crippen molar-refractivity contribution in [2.45, 2.75) is 23.5 Å². The topological polar surface area (TPSA) is 67.3 Å². The second-order valence-corrected chi connectivity index (χ2v) is 7.85. The Balaban J connectivity index is 1.94. The minimum absolute atomic E-state index is 0.0825. The highest BCUT2D eigenvalue weighted by atomic mass is 32.2. The number of rotatable bonds is 4. The van der Waals surface area contributed by atoms with Crippen LogP contribution in [0.15, 0.2) is 34.7 Å². The lowest BCUT2D eigenvalue weighted by Crippen LogP contribution is -2.27. The van der Waals surface area contributed by atoms with Crippen molar-refractivity contribution in [3.05, 3.63) is 40.3 Å². The van der Waals surface area contributed by atoms with Gasteiger partial charge in [0.05, 0.1) is 4.90 Å². The second kappa shape index (κ2) is 5.57. The van der Waals surface area contributed by atoms with Gasteiger partial charge in [-0.2, -0.15) is 0 Å². The Morgan fingerprint density at radius 3 is 2.95 bits per heavy atom. The molecule has 0 bridgehead atoms. The molecule has 3 rings (SSSR count). The lowest BCUT2D eigenvalue weighted by molar-refractivity contribution is -0.107. The van der Waals surface area contributed by atoms with E-state index in [0.717, 1.165) is 30.5 Å². The number of nitrogens with zero attached hydrogens (tertiary/aromatic N) is 2. The third kappa shape index (κ3) is 2.84. The Kier molecular flexibility index (Phi) is 3.77. The number of aryl methyl sites for hydroxylation is 1. The van der Waals surface area contributed by atoms with Gasteiger partial charge >= 0.3 is 0 Å². The van der Waals surface area contributed by atoms with Gasteiger partial charge in [-0.3, -0.25) is 4.79 Å². The van der Waals surface area contributed by atoms with Gasteiger partial charge in [0.25, 0.3) is 0 Å². The molecule has 1 aromatic heterocycles. The van der Waals surface area contributed by atoms with Gasteiger partial charge < -0.3 is 4.90 Å². The predicted octanol–water partition coefficient (Wildman–Crippen LogP) is 2.03. The molecule has 1 aromatic carbocycles. The van der Waals surface area contributed by atoms with Crippen molar-refractivity contribution in [2.24, 2.45) is 0 Å². The number of hydrogen-bond acceptors (Lipinski definition) is 5. The van der Waals surface area contributed by atoms with E-state index in [2.05, 4.69) is 4.98 Å². The van der Waals surface area contributed by atoms with E-state index in [1.54, 1.807) is 34.7 Å². The molecule has 1 aliphatic rings. The van der Waals surface area contributed by atoms with Gasteiger partial charge in [-0.25, -0.2) is 13.4 Å². The van der Waals surface area contributed by atoms with E-state index in [1.165, 1.54) is 11.3 Å². The SMILES string of the molecule is O=CN1CCCc2cc(S(=O)(=O)Cc3nccs3)ccc21. The van der Waals surface area contributed by atoms with Gasteiger partial charge in [0.15, 0.2) is 9.84 Å². The van der Waals surface area contributed by atoms with Crippen molar-refractivity contribution in [2.75, 3.05) is 11.4 Å². The quantitative estimate of drug-likeness (QED) is 0.808. The first-order valence-electron chi connectivity index (χ1n) is 6.56. The summed E-state index contributed by atoms with van der Waals surface area (Å²) in [5.74, 6) is -0.0825. The van der Waals surface area contributed by atoms with E-state index in [9.17, 15) is 13.2 Å². The number of amides is 1. The summed E-state index contributed by atoms with van der Waals surface area (Å²) in [7, 11) is -3.40. The smallest absolute Gasteiger partial charge is 0.214 e. The standard InChI is InChI=1S/C14H14N2O3S2/c17-10-16-6-1-2-11-8-12(3-4-13(11)16)21(18,19)9-14-15-5-7-20-14/h3-5,7-8,10H,1-2,6,9H2. The van der Waals surface area contributed by atoms with Crippen LogP contribution in [0.2, 0.25) is 0 Å². The molecule has 0 N–H and O–H groups in total. The van der Waals surface area contributed by atoms with Crippen molar-refractivity contribution in [3.8, 4) is 0 Å².